The molecule has 2 fully saturated rings. The summed E-state index contributed by atoms with van der Waals surface area (Å²) in [6, 6.07) is 10.8. The van der Waals surface area contributed by atoms with Crippen LogP contribution in [-0.2, 0) is 9.59 Å². The van der Waals surface area contributed by atoms with E-state index in [9.17, 15) is 24.0 Å². The molecule has 4 aromatic heterocycles. The van der Waals surface area contributed by atoms with Gasteiger partial charge in [-0.3, -0.25) is 33.9 Å². The average molecular weight is 833 g/mol. The van der Waals surface area contributed by atoms with Crippen LogP contribution in [0, 0.1) is 20.8 Å². The number of pyridine rings is 2. The van der Waals surface area contributed by atoms with E-state index in [1.165, 1.54) is 18.3 Å². The van der Waals surface area contributed by atoms with Gasteiger partial charge in [0.1, 0.15) is 11.5 Å². The summed E-state index contributed by atoms with van der Waals surface area (Å²) in [6.45, 7) is 9.69. The largest absolute Gasteiger partial charge is 0.367 e. The molecular formula is C44H52N10O5S. The molecule has 0 spiro atoms. The van der Waals surface area contributed by atoms with Crippen LogP contribution in [0.3, 0.4) is 0 Å². The number of Topliss-reactive ketones (excluding diaryl/α,β-unsaturated/α-hetero) is 1. The SMILES string of the molecule is CC(=O)c1c(C)c2cnc(Nc3ccc(N4CCN(C(=O)CCCCCCC(=O)Nc5ccccc5C(=O)Nc5nc(C)c(C)s5)CC4)cn3)nc2n(C2CCCC2)c1=O. The van der Waals surface area contributed by atoms with Crippen LogP contribution in [-0.4, -0.2) is 79.1 Å². The van der Waals surface area contributed by atoms with Gasteiger partial charge in [-0.25, -0.2) is 15.0 Å². The number of amides is 3. The Kier molecular flexibility index (Phi) is 13.3. The van der Waals surface area contributed by atoms with Gasteiger partial charge in [-0.1, -0.05) is 37.8 Å². The van der Waals surface area contributed by atoms with Crippen LogP contribution < -0.4 is 26.4 Å². The van der Waals surface area contributed by atoms with Gasteiger partial charge in [-0.05, 0) is 83.2 Å². The van der Waals surface area contributed by atoms with Gasteiger partial charge in [0.25, 0.3) is 11.5 Å². The molecule has 3 N–H and O–H groups in total. The zero-order valence-electron chi connectivity index (χ0n) is 34.7. The number of ketones is 1. The number of aryl methyl sites for hydroxylation is 3. The fraction of sp³-hybridized carbons (Fsp3) is 0.432. The number of piperazine rings is 1. The Morgan fingerprint density at radius 1 is 0.833 bits per heavy atom. The zero-order chi connectivity index (χ0) is 42.3. The third kappa shape index (κ3) is 9.70. The lowest BCUT2D eigenvalue weighted by Crippen LogP contribution is -2.48. The molecule has 0 radical (unpaired) electrons. The fourth-order valence-electron chi connectivity index (χ4n) is 8.05. The molecule has 16 heteroatoms. The zero-order valence-corrected chi connectivity index (χ0v) is 35.5. The molecular weight excluding hydrogens is 781 g/mol. The molecule has 1 saturated carbocycles. The van der Waals surface area contributed by atoms with Gasteiger partial charge in [-0.15, -0.1) is 11.3 Å². The number of rotatable bonds is 15. The standard InChI is InChI=1S/C44H52N10O5S/c1-27-34-26-46-43(50-40(34)54(31-13-9-10-14-31)42(59)39(27)29(3)55)49-36-20-19-32(25-45-36)52-21-23-53(24-22-52)38(57)18-8-6-5-7-17-37(56)48-35-16-12-11-15-33(35)41(58)51-44-47-28(2)30(4)60-44/h11-12,15-16,19-20,25-26,31H,5-10,13-14,17-18,21-24H2,1-4H3,(H,48,56)(H,47,51,58)(H,45,46,49,50). The highest BCUT2D eigenvalue weighted by atomic mass is 32.1. The predicted molar refractivity (Wildman–Crippen MR) is 235 cm³/mol. The molecule has 2 aliphatic rings. The maximum Gasteiger partial charge on any atom is 0.263 e. The van der Waals surface area contributed by atoms with E-state index in [2.05, 4.69) is 35.8 Å². The number of thiazole rings is 1. The number of anilines is 5. The van der Waals surface area contributed by atoms with E-state index in [0.29, 0.717) is 90.2 Å². The van der Waals surface area contributed by atoms with E-state index >= 15 is 0 Å². The molecule has 7 rings (SSSR count). The summed E-state index contributed by atoms with van der Waals surface area (Å²) >= 11 is 1.41. The Balaban J connectivity index is 0.831. The Morgan fingerprint density at radius 3 is 2.25 bits per heavy atom. The molecule has 15 nitrogen and oxygen atoms in total. The Bertz CT molecular complexity index is 2430. The maximum absolute atomic E-state index is 13.6. The van der Waals surface area contributed by atoms with Crippen LogP contribution in [0.25, 0.3) is 11.0 Å². The number of benzene rings is 1. The summed E-state index contributed by atoms with van der Waals surface area (Å²) in [6.07, 6.45) is 11.2. The third-order valence-corrected chi connectivity index (χ3v) is 12.5. The van der Waals surface area contributed by atoms with Crippen molar-refractivity contribution in [2.24, 2.45) is 0 Å². The number of aromatic nitrogens is 5. The van der Waals surface area contributed by atoms with E-state index in [0.717, 1.165) is 61.2 Å². The minimum absolute atomic E-state index is 0.00413. The summed E-state index contributed by atoms with van der Waals surface area (Å²) in [4.78, 5) is 88.1. The number of hydrogen-bond acceptors (Lipinski definition) is 12. The molecule has 60 heavy (non-hydrogen) atoms. The van der Waals surface area contributed by atoms with E-state index < -0.39 is 0 Å². The number of fused-ring (bicyclic) bond motifs is 1. The van der Waals surface area contributed by atoms with Gasteiger partial charge in [-0.2, -0.15) is 4.98 Å². The van der Waals surface area contributed by atoms with Gasteiger partial charge in [0, 0.05) is 61.5 Å². The van der Waals surface area contributed by atoms with Crippen LogP contribution in [0.2, 0.25) is 0 Å². The summed E-state index contributed by atoms with van der Waals surface area (Å²) in [5.74, 6) is 0.288. The normalized spacial score (nSPS) is 14.4. The van der Waals surface area contributed by atoms with Crippen LogP contribution in [0.4, 0.5) is 28.3 Å². The Labute approximate surface area is 353 Å². The Hall–Kier alpha value is -6.03. The molecule has 1 aliphatic heterocycles. The lowest BCUT2D eigenvalue weighted by molar-refractivity contribution is -0.131. The molecule has 5 aromatic rings. The monoisotopic (exact) mass is 832 g/mol. The van der Waals surface area contributed by atoms with Crippen molar-refractivity contribution in [3.05, 3.63) is 86.4 Å². The first-order chi connectivity index (χ1) is 29.0. The summed E-state index contributed by atoms with van der Waals surface area (Å²) in [5.41, 5.74) is 3.70. The number of para-hydroxylation sites is 1. The molecule has 5 heterocycles. The first-order valence-corrected chi connectivity index (χ1v) is 21.6. The van der Waals surface area contributed by atoms with E-state index in [4.69, 9.17) is 4.98 Å². The van der Waals surface area contributed by atoms with Crippen molar-refractivity contribution < 1.29 is 19.2 Å². The van der Waals surface area contributed by atoms with E-state index in [-0.39, 0.29) is 40.7 Å². The second-order valence-electron chi connectivity index (χ2n) is 15.6. The Morgan fingerprint density at radius 2 is 1.57 bits per heavy atom. The molecule has 0 bridgehead atoms. The van der Waals surface area contributed by atoms with Crippen LogP contribution in [0.1, 0.15) is 114 Å². The first-order valence-electron chi connectivity index (χ1n) is 20.8. The molecule has 1 aromatic carbocycles. The minimum Gasteiger partial charge on any atom is -0.367 e. The lowest BCUT2D eigenvalue weighted by atomic mass is 10.0. The average Bonchev–Trinajstić information content (AvgIpc) is 3.88. The smallest absolute Gasteiger partial charge is 0.263 e. The molecule has 0 unspecified atom stereocenters. The molecule has 1 saturated heterocycles. The molecule has 3 amide bonds. The number of nitrogens with zero attached hydrogens (tertiary/aromatic N) is 7. The predicted octanol–water partition coefficient (Wildman–Crippen LogP) is 7.51. The number of hydrogen-bond donors (Lipinski definition) is 3. The van der Waals surface area contributed by atoms with Crippen molar-refractivity contribution in [3.63, 3.8) is 0 Å². The number of unbranched alkanes of at least 4 members (excludes halogenated alkanes) is 3. The number of carbonyl (C=O) groups excluding carboxylic acids is 4. The van der Waals surface area contributed by atoms with Crippen molar-refractivity contribution in [2.45, 2.75) is 97.9 Å². The maximum atomic E-state index is 13.6. The van der Waals surface area contributed by atoms with Crippen LogP contribution in [0.5, 0.6) is 0 Å². The van der Waals surface area contributed by atoms with Gasteiger partial charge >= 0.3 is 0 Å². The molecule has 314 valence electrons. The van der Waals surface area contributed by atoms with Gasteiger partial charge in [0.15, 0.2) is 10.9 Å². The molecule has 1 aliphatic carbocycles. The summed E-state index contributed by atoms with van der Waals surface area (Å²) in [5, 5.41) is 10.1. The van der Waals surface area contributed by atoms with Crippen molar-refractivity contribution in [3.8, 4) is 0 Å². The molecule has 0 atom stereocenters. The third-order valence-electron chi connectivity index (χ3n) is 11.5. The van der Waals surface area contributed by atoms with E-state index in [1.807, 2.05) is 30.9 Å². The lowest BCUT2D eigenvalue weighted by Gasteiger charge is -2.36. The van der Waals surface area contributed by atoms with Crippen molar-refractivity contribution in [2.75, 3.05) is 47.0 Å². The first kappa shape index (κ1) is 42.1. The van der Waals surface area contributed by atoms with Crippen LogP contribution in [0.15, 0.2) is 53.6 Å². The highest BCUT2D eigenvalue weighted by Gasteiger charge is 2.26. The van der Waals surface area contributed by atoms with Gasteiger partial charge in [0.2, 0.25) is 17.8 Å². The number of carbonyl (C=O) groups is 4. The second-order valence-corrected chi connectivity index (χ2v) is 16.8. The van der Waals surface area contributed by atoms with E-state index in [1.54, 1.807) is 48.1 Å². The fourth-order valence-corrected chi connectivity index (χ4v) is 8.86. The van der Waals surface area contributed by atoms with Crippen molar-refractivity contribution in [1.29, 1.82) is 0 Å². The topological polar surface area (TPSA) is 184 Å². The summed E-state index contributed by atoms with van der Waals surface area (Å²) < 4.78 is 1.70. The quantitative estimate of drug-likeness (QED) is 0.0701. The highest BCUT2D eigenvalue weighted by molar-refractivity contribution is 7.15. The highest BCUT2D eigenvalue weighted by Crippen LogP contribution is 2.32. The van der Waals surface area contributed by atoms with Gasteiger partial charge in [0.05, 0.1) is 34.4 Å². The second kappa shape index (κ2) is 18.9. The van der Waals surface area contributed by atoms with Crippen LogP contribution >= 0.6 is 11.3 Å². The van der Waals surface area contributed by atoms with Crippen molar-refractivity contribution >= 4 is 74.1 Å². The summed E-state index contributed by atoms with van der Waals surface area (Å²) in [7, 11) is 0. The minimum atomic E-state index is -0.323. The number of nitrogens with one attached hydrogen (secondary N) is 3. The van der Waals surface area contributed by atoms with Crippen molar-refractivity contribution in [1.82, 2.24) is 29.4 Å². The van der Waals surface area contributed by atoms with Gasteiger partial charge < -0.3 is 20.4 Å².